The molecular formula is C15H13F3N6O2. The van der Waals surface area contributed by atoms with Gasteiger partial charge in [-0.2, -0.15) is 13.2 Å². The van der Waals surface area contributed by atoms with Gasteiger partial charge in [0, 0.05) is 23.9 Å². The van der Waals surface area contributed by atoms with Crippen LogP contribution in [0.25, 0.3) is 23.7 Å². The molecule has 0 aliphatic carbocycles. The third kappa shape index (κ3) is 4.23. The van der Waals surface area contributed by atoms with Crippen LogP contribution in [-0.4, -0.2) is 36.0 Å². The summed E-state index contributed by atoms with van der Waals surface area (Å²) in [6, 6.07) is 2.23. The van der Waals surface area contributed by atoms with Crippen molar-refractivity contribution in [3.05, 3.63) is 36.4 Å². The average molecular weight is 366 g/mol. The topological polar surface area (TPSA) is 91.8 Å². The molecule has 11 heteroatoms. The van der Waals surface area contributed by atoms with Crippen molar-refractivity contribution in [1.82, 2.24) is 29.9 Å². The van der Waals surface area contributed by atoms with Crippen molar-refractivity contribution in [2.45, 2.75) is 26.1 Å². The van der Waals surface area contributed by atoms with E-state index in [1.165, 1.54) is 35.7 Å². The summed E-state index contributed by atoms with van der Waals surface area (Å²) in [7, 11) is 0. The molecule has 0 saturated carbocycles. The van der Waals surface area contributed by atoms with Crippen LogP contribution in [0.5, 0.6) is 5.88 Å². The summed E-state index contributed by atoms with van der Waals surface area (Å²) in [6.07, 6.45) is 0.498. The van der Waals surface area contributed by atoms with Gasteiger partial charge in [-0.25, -0.2) is 14.6 Å². The molecule has 0 bridgehead atoms. The van der Waals surface area contributed by atoms with E-state index in [4.69, 9.17) is 9.15 Å². The van der Waals surface area contributed by atoms with E-state index in [1.807, 2.05) is 0 Å². The van der Waals surface area contributed by atoms with Gasteiger partial charge in [0.05, 0.1) is 6.10 Å². The summed E-state index contributed by atoms with van der Waals surface area (Å²) in [5, 5.41) is 11.3. The zero-order valence-electron chi connectivity index (χ0n) is 13.7. The Bertz CT molecular complexity index is 903. The van der Waals surface area contributed by atoms with Gasteiger partial charge in [-0.15, -0.1) is 15.3 Å². The standard InChI is InChI=1S/C15H13F3N6O2/c1-9(2)26-13-6-10(5-11(21-13)15(16,17)18)14-19-7-24(23-14)4-3-12-22-20-8-25-12/h3-9H,1-2H3/b4-3-. The lowest BCUT2D eigenvalue weighted by Gasteiger charge is -2.12. The highest BCUT2D eigenvalue weighted by molar-refractivity contribution is 5.58. The largest absolute Gasteiger partial charge is 0.475 e. The predicted octanol–water partition coefficient (Wildman–Crippen LogP) is 3.16. The molecule has 0 N–H and O–H groups in total. The van der Waals surface area contributed by atoms with E-state index in [1.54, 1.807) is 13.8 Å². The fourth-order valence-electron chi connectivity index (χ4n) is 1.95. The Morgan fingerprint density at radius 2 is 2.08 bits per heavy atom. The maximum Gasteiger partial charge on any atom is 0.433 e. The van der Waals surface area contributed by atoms with E-state index >= 15 is 0 Å². The molecule has 0 unspecified atom stereocenters. The van der Waals surface area contributed by atoms with Crippen LogP contribution in [0.3, 0.4) is 0 Å². The molecule has 0 amide bonds. The van der Waals surface area contributed by atoms with E-state index in [0.717, 1.165) is 6.07 Å². The van der Waals surface area contributed by atoms with E-state index in [2.05, 4.69) is 25.3 Å². The molecule has 0 saturated heterocycles. The Kier molecular flexibility index (Phi) is 4.69. The summed E-state index contributed by atoms with van der Waals surface area (Å²) >= 11 is 0. The zero-order chi connectivity index (χ0) is 18.7. The van der Waals surface area contributed by atoms with Crippen LogP contribution in [0.15, 0.2) is 29.3 Å². The first kappa shape index (κ1) is 17.6. The third-order valence-electron chi connectivity index (χ3n) is 2.96. The van der Waals surface area contributed by atoms with Crippen molar-refractivity contribution in [2.24, 2.45) is 0 Å². The fourth-order valence-corrected chi connectivity index (χ4v) is 1.95. The number of ether oxygens (including phenoxy) is 1. The van der Waals surface area contributed by atoms with Gasteiger partial charge in [-0.1, -0.05) is 0 Å². The minimum atomic E-state index is -4.62. The molecule has 8 nitrogen and oxygen atoms in total. The van der Waals surface area contributed by atoms with Crippen molar-refractivity contribution < 1.29 is 22.3 Å². The highest BCUT2D eigenvalue weighted by Crippen LogP contribution is 2.32. The Morgan fingerprint density at radius 3 is 2.73 bits per heavy atom. The van der Waals surface area contributed by atoms with Crippen molar-refractivity contribution >= 4 is 12.3 Å². The van der Waals surface area contributed by atoms with E-state index < -0.39 is 11.9 Å². The molecule has 0 aliphatic rings. The first-order chi connectivity index (χ1) is 12.3. The number of aromatic nitrogens is 6. The van der Waals surface area contributed by atoms with E-state index in [-0.39, 0.29) is 29.3 Å². The van der Waals surface area contributed by atoms with Crippen LogP contribution in [0, 0.1) is 0 Å². The minimum Gasteiger partial charge on any atom is -0.475 e. The van der Waals surface area contributed by atoms with Crippen LogP contribution in [0.4, 0.5) is 13.2 Å². The van der Waals surface area contributed by atoms with Crippen molar-refractivity contribution in [3.63, 3.8) is 0 Å². The van der Waals surface area contributed by atoms with Crippen LogP contribution in [0.1, 0.15) is 25.4 Å². The average Bonchev–Trinajstić information content (AvgIpc) is 3.23. The van der Waals surface area contributed by atoms with E-state index in [0.29, 0.717) is 0 Å². The minimum absolute atomic E-state index is 0.0849. The van der Waals surface area contributed by atoms with Crippen LogP contribution < -0.4 is 4.74 Å². The molecule has 136 valence electrons. The second-order valence-electron chi connectivity index (χ2n) is 5.38. The second-order valence-corrected chi connectivity index (χ2v) is 5.38. The number of alkyl halides is 3. The van der Waals surface area contributed by atoms with Crippen LogP contribution in [0.2, 0.25) is 0 Å². The van der Waals surface area contributed by atoms with Gasteiger partial charge in [0.1, 0.15) is 12.0 Å². The number of nitrogens with zero attached hydrogens (tertiary/aromatic N) is 6. The maximum absolute atomic E-state index is 13.1. The zero-order valence-corrected chi connectivity index (χ0v) is 13.7. The molecular weight excluding hydrogens is 353 g/mol. The maximum atomic E-state index is 13.1. The molecule has 3 aromatic rings. The summed E-state index contributed by atoms with van der Waals surface area (Å²) in [6.45, 7) is 3.38. The van der Waals surface area contributed by atoms with Crippen LogP contribution in [-0.2, 0) is 6.18 Å². The van der Waals surface area contributed by atoms with Gasteiger partial charge in [0.2, 0.25) is 18.2 Å². The quantitative estimate of drug-likeness (QED) is 0.685. The Hall–Kier alpha value is -3.24. The molecule has 3 heterocycles. The van der Waals surface area contributed by atoms with Gasteiger partial charge in [-0.05, 0) is 19.9 Å². The second kappa shape index (κ2) is 6.94. The van der Waals surface area contributed by atoms with Gasteiger partial charge in [0.25, 0.3) is 0 Å². The monoisotopic (exact) mass is 366 g/mol. The summed E-state index contributed by atoms with van der Waals surface area (Å²) in [4.78, 5) is 7.51. The normalized spacial score (nSPS) is 12.2. The Labute approximate surface area is 145 Å². The van der Waals surface area contributed by atoms with Gasteiger partial charge in [0.15, 0.2) is 5.82 Å². The SMILES string of the molecule is CC(C)Oc1cc(-c2ncn(/C=C\c3nnco3)n2)cc(C(F)(F)F)n1. The summed E-state index contributed by atoms with van der Waals surface area (Å²) in [5.41, 5.74) is -0.948. The number of hydrogen-bond donors (Lipinski definition) is 0. The van der Waals surface area contributed by atoms with E-state index in [9.17, 15) is 13.2 Å². The summed E-state index contributed by atoms with van der Waals surface area (Å²) < 4.78 is 50.8. The molecule has 3 aromatic heterocycles. The smallest absolute Gasteiger partial charge is 0.433 e. The molecule has 0 aliphatic heterocycles. The van der Waals surface area contributed by atoms with Crippen molar-refractivity contribution in [1.29, 1.82) is 0 Å². The molecule has 0 radical (unpaired) electrons. The first-order valence-corrected chi connectivity index (χ1v) is 7.43. The number of hydrogen-bond acceptors (Lipinski definition) is 7. The number of rotatable bonds is 5. The lowest BCUT2D eigenvalue weighted by molar-refractivity contribution is -0.141. The lowest BCUT2D eigenvalue weighted by atomic mass is 10.2. The molecule has 0 fully saturated rings. The van der Waals surface area contributed by atoms with Gasteiger partial charge >= 0.3 is 6.18 Å². The third-order valence-corrected chi connectivity index (χ3v) is 2.96. The fraction of sp³-hybridized carbons (Fsp3) is 0.267. The first-order valence-electron chi connectivity index (χ1n) is 7.43. The number of halogens is 3. The molecule has 0 aromatic carbocycles. The highest BCUT2D eigenvalue weighted by Gasteiger charge is 2.34. The molecule has 0 atom stereocenters. The van der Waals surface area contributed by atoms with Crippen LogP contribution >= 0.6 is 0 Å². The highest BCUT2D eigenvalue weighted by atomic mass is 19.4. The Morgan fingerprint density at radius 1 is 1.27 bits per heavy atom. The summed E-state index contributed by atoms with van der Waals surface area (Å²) in [5.74, 6) is 0.183. The lowest BCUT2D eigenvalue weighted by Crippen LogP contribution is -2.12. The van der Waals surface area contributed by atoms with Gasteiger partial charge in [-0.3, -0.25) is 0 Å². The molecule has 3 rings (SSSR count). The molecule has 0 spiro atoms. The molecule has 26 heavy (non-hydrogen) atoms. The Balaban J connectivity index is 1.92. The van der Waals surface area contributed by atoms with Crippen molar-refractivity contribution in [2.75, 3.05) is 0 Å². The van der Waals surface area contributed by atoms with Crippen molar-refractivity contribution in [3.8, 4) is 17.3 Å². The predicted molar refractivity (Wildman–Crippen MR) is 83.5 cm³/mol. The van der Waals surface area contributed by atoms with Gasteiger partial charge < -0.3 is 9.15 Å². The number of pyridine rings is 1.